The fraction of sp³-hybridized carbons (Fsp3) is 0. The number of aromatic nitrogens is 5. The summed E-state index contributed by atoms with van der Waals surface area (Å²) in [5.41, 5.74) is 17.6. The van der Waals surface area contributed by atoms with Crippen molar-refractivity contribution < 1.29 is 0 Å². The molecule has 65 heavy (non-hydrogen) atoms. The Morgan fingerprint density at radius 2 is 0.969 bits per heavy atom. The highest BCUT2D eigenvalue weighted by Gasteiger charge is 2.30. The van der Waals surface area contributed by atoms with Crippen LogP contribution in [-0.4, -0.2) is 23.7 Å². The second kappa shape index (κ2) is 12.9. The van der Waals surface area contributed by atoms with Crippen LogP contribution in [0.4, 0.5) is 0 Å². The van der Waals surface area contributed by atoms with E-state index in [0.29, 0.717) is 0 Å². The van der Waals surface area contributed by atoms with Gasteiger partial charge < -0.3 is 9.13 Å². The molecule has 0 fully saturated rings. The molecule has 0 N–H and O–H groups in total. The summed E-state index contributed by atoms with van der Waals surface area (Å²) in [7, 11) is 0. The van der Waals surface area contributed by atoms with E-state index < -0.39 is 0 Å². The van der Waals surface area contributed by atoms with Crippen molar-refractivity contribution in [1.29, 1.82) is 0 Å². The van der Waals surface area contributed by atoms with Crippen molar-refractivity contribution in [2.45, 2.75) is 0 Å². The molecule has 0 radical (unpaired) electrons. The molecule has 0 unspecified atom stereocenters. The predicted molar refractivity (Wildman–Crippen MR) is 270 cm³/mol. The second-order valence-corrected chi connectivity index (χ2v) is 17.3. The molecule has 5 heteroatoms. The van der Waals surface area contributed by atoms with Crippen LogP contribution in [0.25, 0.3) is 138 Å². The average molecular weight is 826 g/mol. The fourth-order valence-electron chi connectivity index (χ4n) is 11.2. The van der Waals surface area contributed by atoms with E-state index in [0.717, 1.165) is 61.1 Å². The summed E-state index contributed by atoms with van der Waals surface area (Å²) < 4.78 is 7.30. The Morgan fingerprint density at radius 1 is 0.354 bits per heavy atom. The number of hydrogen-bond acceptors (Lipinski definition) is 2. The molecule has 0 bridgehead atoms. The molecular formula is C60H35N5. The number of hydrogen-bond donors (Lipinski definition) is 0. The van der Waals surface area contributed by atoms with E-state index in [4.69, 9.17) is 9.97 Å². The Balaban J connectivity index is 1.13. The first-order chi connectivity index (χ1) is 32.3. The van der Waals surface area contributed by atoms with Gasteiger partial charge in [-0.15, -0.1) is 0 Å². The van der Waals surface area contributed by atoms with Gasteiger partial charge in [-0.2, -0.15) is 0 Å². The highest BCUT2D eigenvalue weighted by Crippen LogP contribution is 2.52. The molecule has 0 atom stereocenters. The highest BCUT2D eigenvalue weighted by atomic mass is 15.1. The maximum Gasteiger partial charge on any atom is 0.165 e. The normalized spacial score (nSPS) is 12.3. The number of rotatable bonds is 3. The number of benzene rings is 10. The van der Waals surface area contributed by atoms with E-state index in [1.165, 1.54) is 76.8 Å². The van der Waals surface area contributed by atoms with Gasteiger partial charge in [0.15, 0.2) is 5.82 Å². The van der Waals surface area contributed by atoms with Crippen LogP contribution in [0.2, 0.25) is 0 Å². The van der Waals surface area contributed by atoms with Gasteiger partial charge in [0, 0.05) is 60.1 Å². The van der Waals surface area contributed by atoms with E-state index in [-0.39, 0.29) is 0 Å². The summed E-state index contributed by atoms with van der Waals surface area (Å²) >= 11 is 0. The molecule has 5 heterocycles. The van der Waals surface area contributed by atoms with Crippen LogP contribution >= 0.6 is 0 Å². The second-order valence-electron chi connectivity index (χ2n) is 17.3. The van der Waals surface area contributed by atoms with Crippen LogP contribution in [0.3, 0.4) is 0 Å². The lowest BCUT2D eigenvalue weighted by Gasteiger charge is -2.16. The van der Waals surface area contributed by atoms with Gasteiger partial charge in [-0.25, -0.2) is 9.97 Å². The minimum atomic E-state index is 0.794. The zero-order valence-corrected chi connectivity index (χ0v) is 34.9. The molecule has 4 aromatic heterocycles. The van der Waals surface area contributed by atoms with Crippen molar-refractivity contribution in [3.05, 3.63) is 212 Å². The van der Waals surface area contributed by atoms with Crippen molar-refractivity contribution >= 4 is 87.2 Å². The van der Waals surface area contributed by atoms with Crippen LogP contribution in [0.5, 0.6) is 0 Å². The molecule has 10 aromatic carbocycles. The van der Waals surface area contributed by atoms with Crippen LogP contribution in [0, 0.1) is 0 Å². The molecule has 0 saturated carbocycles. The molecule has 0 saturated heterocycles. The third kappa shape index (κ3) is 4.65. The Hall–Kier alpha value is -8.80. The zero-order valence-electron chi connectivity index (χ0n) is 34.9. The Bertz CT molecular complexity index is 4360. The average Bonchev–Trinajstić information content (AvgIpc) is 3.97. The van der Waals surface area contributed by atoms with Gasteiger partial charge in [0.25, 0.3) is 0 Å². The first-order valence-electron chi connectivity index (χ1n) is 22.3. The van der Waals surface area contributed by atoms with Gasteiger partial charge in [0.05, 0.1) is 49.8 Å². The van der Waals surface area contributed by atoms with Crippen LogP contribution in [0.1, 0.15) is 0 Å². The topological polar surface area (TPSA) is 40.6 Å². The van der Waals surface area contributed by atoms with Crippen molar-refractivity contribution in [2.75, 3.05) is 0 Å². The fourth-order valence-corrected chi connectivity index (χ4v) is 11.2. The smallest absolute Gasteiger partial charge is 0.165 e. The van der Waals surface area contributed by atoms with Gasteiger partial charge in [0.2, 0.25) is 0 Å². The van der Waals surface area contributed by atoms with Crippen molar-refractivity contribution in [2.24, 2.45) is 0 Å². The SMILES string of the molecule is c1ccc(-n2c3ccccc3c3ccc(-c4nc5ccc6ccccc6c5nc4-n4c5ccccc5c5c6c7c(cc54)c4ccccc4n7-c4ccccc4-c4ccccc4-6)cc32)cc1. The van der Waals surface area contributed by atoms with Crippen LogP contribution in [-0.2, 0) is 0 Å². The van der Waals surface area contributed by atoms with Crippen molar-refractivity contribution in [3.63, 3.8) is 0 Å². The third-order valence-corrected chi connectivity index (χ3v) is 13.9. The van der Waals surface area contributed by atoms with Gasteiger partial charge in [-0.3, -0.25) is 4.57 Å². The lowest BCUT2D eigenvalue weighted by Crippen LogP contribution is -2.04. The van der Waals surface area contributed by atoms with E-state index >= 15 is 0 Å². The molecule has 0 amide bonds. The Labute approximate surface area is 372 Å². The molecule has 5 nitrogen and oxygen atoms in total. The third-order valence-electron chi connectivity index (χ3n) is 13.9. The summed E-state index contributed by atoms with van der Waals surface area (Å²) in [6, 6.07) is 77.1. The van der Waals surface area contributed by atoms with E-state index in [1.54, 1.807) is 0 Å². The Kier molecular flexibility index (Phi) is 6.89. The number of para-hydroxylation sites is 5. The number of nitrogens with zero attached hydrogens (tertiary/aromatic N) is 5. The quantitative estimate of drug-likeness (QED) is 0.167. The van der Waals surface area contributed by atoms with Gasteiger partial charge in [0.1, 0.15) is 5.69 Å². The Morgan fingerprint density at radius 3 is 1.78 bits per heavy atom. The first-order valence-corrected chi connectivity index (χ1v) is 22.3. The van der Waals surface area contributed by atoms with Gasteiger partial charge in [-0.1, -0.05) is 158 Å². The van der Waals surface area contributed by atoms with Crippen LogP contribution in [0.15, 0.2) is 212 Å². The first kappa shape index (κ1) is 34.7. The van der Waals surface area contributed by atoms with E-state index in [1.807, 2.05) is 0 Å². The molecule has 0 spiro atoms. The molecule has 0 aliphatic carbocycles. The zero-order chi connectivity index (χ0) is 42.3. The summed E-state index contributed by atoms with van der Waals surface area (Å²) in [6.45, 7) is 0. The molecule has 15 rings (SSSR count). The molecule has 300 valence electrons. The molecule has 14 aromatic rings. The monoisotopic (exact) mass is 825 g/mol. The van der Waals surface area contributed by atoms with Gasteiger partial charge in [-0.05, 0) is 71.1 Å². The maximum absolute atomic E-state index is 5.83. The van der Waals surface area contributed by atoms with Crippen molar-refractivity contribution in [3.8, 4) is 50.7 Å². The summed E-state index contributed by atoms with van der Waals surface area (Å²) in [5, 5.41) is 9.40. The van der Waals surface area contributed by atoms with Gasteiger partial charge >= 0.3 is 0 Å². The summed E-state index contributed by atoms with van der Waals surface area (Å²) in [6.07, 6.45) is 0. The summed E-state index contributed by atoms with van der Waals surface area (Å²) in [5.74, 6) is 0.794. The molecule has 1 aliphatic rings. The van der Waals surface area contributed by atoms with E-state index in [9.17, 15) is 0 Å². The summed E-state index contributed by atoms with van der Waals surface area (Å²) in [4.78, 5) is 11.5. The lowest BCUT2D eigenvalue weighted by molar-refractivity contribution is 1.08. The van der Waals surface area contributed by atoms with Crippen LogP contribution < -0.4 is 0 Å². The van der Waals surface area contributed by atoms with E-state index in [2.05, 4.69) is 226 Å². The molecular weight excluding hydrogens is 791 g/mol. The minimum Gasteiger partial charge on any atom is -0.309 e. The maximum atomic E-state index is 5.83. The highest BCUT2D eigenvalue weighted by molar-refractivity contribution is 6.29. The van der Waals surface area contributed by atoms with Crippen molar-refractivity contribution in [1.82, 2.24) is 23.7 Å². The number of fused-ring (bicyclic) bond motifs is 18. The lowest BCUT2D eigenvalue weighted by atomic mass is 9.91. The molecule has 1 aliphatic heterocycles. The largest absolute Gasteiger partial charge is 0.309 e. The minimum absolute atomic E-state index is 0.794. The predicted octanol–water partition coefficient (Wildman–Crippen LogP) is 15.4. The standard InChI is InChI=1S/C60H35N5/c1-2-17-38(18-3-1)63-49-26-12-9-22-42(49)44-32-30-37(34-53(44)63)57-60(62-58-39-19-5-4-16-36(39)31-33-48(58)61-57)65-52-29-15-11-25-46(52)55-54(65)35-47-43-23-10-14-28-51(43)64-50-27-13-8-21-41(50)40-20-6-7-24-45(40)56(55)59(47)64/h1-35H.